The van der Waals surface area contributed by atoms with Crippen LogP contribution in [0.25, 0.3) is 6.08 Å². The molecule has 1 heterocycles. The summed E-state index contributed by atoms with van der Waals surface area (Å²) in [5.74, 6) is 1.62. The van der Waals surface area contributed by atoms with Gasteiger partial charge in [0.2, 0.25) is 22.7 Å². The first-order chi connectivity index (χ1) is 13.9. The SMILES string of the molecule is CN(C)S(=O)(=O)c1ccc(OCCNC(=O)/C=C/c2ccc3c(c2)OCO3)cc1. The Morgan fingerprint density at radius 1 is 1.14 bits per heavy atom. The second-order valence-electron chi connectivity index (χ2n) is 6.34. The fourth-order valence-corrected chi connectivity index (χ4v) is 3.41. The zero-order valence-electron chi connectivity index (χ0n) is 16.1. The topological polar surface area (TPSA) is 94.2 Å². The van der Waals surface area contributed by atoms with Crippen LogP contribution in [0.2, 0.25) is 0 Å². The van der Waals surface area contributed by atoms with Crippen molar-refractivity contribution in [2.45, 2.75) is 4.90 Å². The Morgan fingerprint density at radius 3 is 2.59 bits per heavy atom. The summed E-state index contributed by atoms with van der Waals surface area (Å²) in [5, 5.41) is 2.72. The Morgan fingerprint density at radius 2 is 1.86 bits per heavy atom. The first-order valence-electron chi connectivity index (χ1n) is 8.87. The van der Waals surface area contributed by atoms with Gasteiger partial charge in [-0.1, -0.05) is 6.07 Å². The highest BCUT2D eigenvalue weighted by atomic mass is 32.2. The summed E-state index contributed by atoms with van der Waals surface area (Å²) in [4.78, 5) is 12.1. The summed E-state index contributed by atoms with van der Waals surface area (Å²) < 4.78 is 41.2. The van der Waals surface area contributed by atoms with Crippen molar-refractivity contribution in [3.63, 3.8) is 0 Å². The Kier molecular flexibility index (Phi) is 6.40. The molecule has 0 aliphatic carbocycles. The lowest BCUT2D eigenvalue weighted by Gasteiger charge is -2.12. The summed E-state index contributed by atoms with van der Waals surface area (Å²) >= 11 is 0. The van der Waals surface area contributed by atoms with E-state index >= 15 is 0 Å². The third kappa shape index (κ3) is 5.27. The molecule has 29 heavy (non-hydrogen) atoms. The molecule has 2 aromatic rings. The van der Waals surface area contributed by atoms with E-state index in [2.05, 4.69) is 5.32 Å². The molecule has 1 N–H and O–H groups in total. The van der Waals surface area contributed by atoms with Gasteiger partial charge in [-0.3, -0.25) is 4.79 Å². The fourth-order valence-electron chi connectivity index (χ4n) is 2.51. The van der Waals surface area contributed by atoms with Gasteiger partial charge in [0, 0.05) is 20.2 Å². The zero-order chi connectivity index (χ0) is 20.9. The summed E-state index contributed by atoms with van der Waals surface area (Å²) in [6.45, 7) is 0.766. The van der Waals surface area contributed by atoms with E-state index in [1.54, 1.807) is 30.3 Å². The Balaban J connectivity index is 1.42. The van der Waals surface area contributed by atoms with Crippen molar-refractivity contribution in [2.75, 3.05) is 34.0 Å². The number of hydrogen-bond acceptors (Lipinski definition) is 6. The van der Waals surface area contributed by atoms with Gasteiger partial charge < -0.3 is 19.5 Å². The smallest absolute Gasteiger partial charge is 0.244 e. The van der Waals surface area contributed by atoms with Gasteiger partial charge in [0.1, 0.15) is 12.4 Å². The van der Waals surface area contributed by atoms with Crippen LogP contribution in [-0.2, 0) is 14.8 Å². The molecular weight excluding hydrogens is 396 g/mol. The average molecular weight is 418 g/mol. The van der Waals surface area contributed by atoms with Gasteiger partial charge in [-0.2, -0.15) is 0 Å². The zero-order valence-corrected chi connectivity index (χ0v) is 16.9. The summed E-state index contributed by atoms with van der Waals surface area (Å²) in [6, 6.07) is 11.6. The molecule has 1 amide bonds. The van der Waals surface area contributed by atoms with E-state index in [1.807, 2.05) is 6.07 Å². The molecule has 0 atom stereocenters. The molecule has 0 aromatic heterocycles. The molecule has 0 bridgehead atoms. The maximum atomic E-state index is 12.0. The molecule has 0 radical (unpaired) electrons. The number of rotatable bonds is 8. The normalized spacial score (nSPS) is 13.1. The van der Waals surface area contributed by atoms with E-state index in [1.165, 1.54) is 32.3 Å². The van der Waals surface area contributed by atoms with Gasteiger partial charge in [0.05, 0.1) is 11.4 Å². The number of fused-ring (bicyclic) bond motifs is 1. The molecule has 154 valence electrons. The largest absolute Gasteiger partial charge is 0.492 e. The lowest BCUT2D eigenvalue weighted by Crippen LogP contribution is -2.26. The standard InChI is InChI=1S/C20H22N2O6S/c1-22(2)29(24,25)17-7-5-16(6-8-17)26-12-11-21-20(23)10-4-15-3-9-18-19(13-15)28-14-27-18/h3-10,13H,11-12,14H2,1-2H3,(H,21,23)/b10-4+. The van der Waals surface area contributed by atoms with Crippen LogP contribution in [0.3, 0.4) is 0 Å². The monoisotopic (exact) mass is 418 g/mol. The van der Waals surface area contributed by atoms with Crippen LogP contribution >= 0.6 is 0 Å². The number of carbonyl (C=O) groups is 1. The molecular formula is C20H22N2O6S. The van der Waals surface area contributed by atoms with E-state index in [0.29, 0.717) is 23.8 Å². The van der Waals surface area contributed by atoms with Crippen LogP contribution in [0.5, 0.6) is 17.2 Å². The molecule has 3 rings (SSSR count). The second kappa shape index (κ2) is 8.97. The highest BCUT2D eigenvalue weighted by Crippen LogP contribution is 2.32. The molecule has 9 heteroatoms. The van der Waals surface area contributed by atoms with Crippen molar-refractivity contribution in [1.29, 1.82) is 0 Å². The third-order valence-corrected chi connectivity index (χ3v) is 5.93. The maximum absolute atomic E-state index is 12.0. The summed E-state index contributed by atoms with van der Waals surface area (Å²) in [6.07, 6.45) is 3.11. The quantitative estimate of drug-likeness (QED) is 0.520. The van der Waals surface area contributed by atoms with Crippen LogP contribution in [0.1, 0.15) is 5.56 Å². The van der Waals surface area contributed by atoms with Crippen LogP contribution in [-0.4, -0.2) is 52.7 Å². The molecule has 0 unspecified atom stereocenters. The summed E-state index contributed by atoms with van der Waals surface area (Å²) in [5.41, 5.74) is 0.827. The maximum Gasteiger partial charge on any atom is 0.244 e. The van der Waals surface area contributed by atoms with E-state index in [0.717, 1.165) is 9.87 Å². The molecule has 0 spiro atoms. The first-order valence-corrected chi connectivity index (χ1v) is 10.3. The number of amides is 1. The first kappa shape index (κ1) is 20.7. The van der Waals surface area contributed by atoms with Gasteiger partial charge in [-0.25, -0.2) is 12.7 Å². The molecule has 8 nitrogen and oxygen atoms in total. The molecule has 0 saturated carbocycles. The fraction of sp³-hybridized carbons (Fsp3) is 0.250. The van der Waals surface area contributed by atoms with E-state index < -0.39 is 10.0 Å². The number of sulfonamides is 1. The van der Waals surface area contributed by atoms with Gasteiger partial charge >= 0.3 is 0 Å². The van der Waals surface area contributed by atoms with Gasteiger partial charge in [-0.05, 0) is 48.0 Å². The Bertz CT molecular complexity index is 1000. The van der Waals surface area contributed by atoms with Crippen LogP contribution in [0.15, 0.2) is 53.4 Å². The molecule has 1 aliphatic heterocycles. The lowest BCUT2D eigenvalue weighted by molar-refractivity contribution is -0.116. The average Bonchev–Trinajstić information content (AvgIpc) is 3.18. The Hall–Kier alpha value is -3.04. The number of nitrogens with one attached hydrogen (secondary N) is 1. The predicted molar refractivity (Wildman–Crippen MR) is 107 cm³/mol. The highest BCUT2D eigenvalue weighted by Gasteiger charge is 2.16. The van der Waals surface area contributed by atoms with E-state index in [9.17, 15) is 13.2 Å². The second-order valence-corrected chi connectivity index (χ2v) is 8.50. The van der Waals surface area contributed by atoms with Crippen molar-refractivity contribution < 1.29 is 27.4 Å². The number of hydrogen-bond donors (Lipinski definition) is 1. The van der Waals surface area contributed by atoms with Gasteiger partial charge in [0.25, 0.3) is 0 Å². The van der Waals surface area contributed by atoms with Crippen molar-refractivity contribution in [3.05, 3.63) is 54.1 Å². The highest BCUT2D eigenvalue weighted by molar-refractivity contribution is 7.89. The minimum Gasteiger partial charge on any atom is -0.492 e. The minimum absolute atomic E-state index is 0.191. The van der Waals surface area contributed by atoms with Gasteiger partial charge in [0.15, 0.2) is 11.5 Å². The van der Waals surface area contributed by atoms with Gasteiger partial charge in [-0.15, -0.1) is 0 Å². The van der Waals surface area contributed by atoms with E-state index in [-0.39, 0.29) is 24.2 Å². The number of ether oxygens (including phenoxy) is 3. The number of nitrogens with zero attached hydrogens (tertiary/aromatic N) is 1. The van der Waals surface area contributed by atoms with E-state index in [4.69, 9.17) is 14.2 Å². The molecule has 0 fully saturated rings. The third-order valence-electron chi connectivity index (χ3n) is 4.10. The molecule has 2 aromatic carbocycles. The predicted octanol–water partition coefficient (Wildman–Crippen LogP) is 1.87. The minimum atomic E-state index is -3.46. The Labute approximate surface area is 169 Å². The van der Waals surface area contributed by atoms with Crippen LogP contribution in [0.4, 0.5) is 0 Å². The van der Waals surface area contributed by atoms with Crippen molar-refractivity contribution in [3.8, 4) is 17.2 Å². The molecule has 1 aliphatic rings. The van der Waals surface area contributed by atoms with Crippen molar-refractivity contribution >= 4 is 22.0 Å². The number of benzene rings is 2. The van der Waals surface area contributed by atoms with Crippen LogP contribution < -0.4 is 19.5 Å². The summed E-state index contributed by atoms with van der Waals surface area (Å²) in [7, 11) is -0.513. The van der Waals surface area contributed by atoms with Crippen molar-refractivity contribution in [1.82, 2.24) is 9.62 Å². The van der Waals surface area contributed by atoms with Crippen molar-refractivity contribution in [2.24, 2.45) is 0 Å². The molecule has 0 saturated heterocycles. The number of carbonyl (C=O) groups excluding carboxylic acids is 1. The lowest BCUT2D eigenvalue weighted by atomic mass is 10.2. The van der Waals surface area contributed by atoms with Crippen LogP contribution in [0, 0.1) is 0 Å².